The molecule has 1 aromatic carbocycles. The van der Waals surface area contributed by atoms with E-state index in [1.807, 2.05) is 34.6 Å². The SMILES string of the molecule is c1ccc(-c2cn(C3CCCS3)nn2)cc1. The molecule has 0 spiro atoms. The Morgan fingerprint density at radius 3 is 2.88 bits per heavy atom. The maximum absolute atomic E-state index is 4.23. The van der Waals surface area contributed by atoms with Crippen LogP contribution in [0.3, 0.4) is 0 Å². The molecule has 0 aliphatic carbocycles. The second kappa shape index (κ2) is 4.29. The fourth-order valence-corrected chi connectivity index (χ4v) is 3.12. The van der Waals surface area contributed by atoms with Crippen LogP contribution in [0.5, 0.6) is 0 Å². The molecule has 1 fully saturated rings. The van der Waals surface area contributed by atoms with E-state index in [9.17, 15) is 0 Å². The molecule has 1 atom stereocenters. The zero-order valence-electron chi connectivity index (χ0n) is 8.91. The fraction of sp³-hybridized carbons (Fsp3) is 0.333. The van der Waals surface area contributed by atoms with E-state index in [2.05, 4.69) is 28.6 Å². The molecule has 1 unspecified atom stereocenters. The van der Waals surface area contributed by atoms with E-state index in [1.165, 1.54) is 18.6 Å². The van der Waals surface area contributed by atoms with Crippen LogP contribution in [-0.4, -0.2) is 20.7 Å². The Morgan fingerprint density at radius 1 is 1.25 bits per heavy atom. The molecule has 2 aromatic rings. The van der Waals surface area contributed by atoms with Crippen LogP contribution in [0.1, 0.15) is 18.2 Å². The van der Waals surface area contributed by atoms with Crippen LogP contribution in [0.4, 0.5) is 0 Å². The van der Waals surface area contributed by atoms with Crippen LogP contribution in [0.25, 0.3) is 11.3 Å². The van der Waals surface area contributed by atoms with Gasteiger partial charge in [-0.1, -0.05) is 35.5 Å². The second-order valence-electron chi connectivity index (χ2n) is 3.92. The highest BCUT2D eigenvalue weighted by atomic mass is 32.2. The Bertz CT molecular complexity index is 460. The van der Waals surface area contributed by atoms with Crippen molar-refractivity contribution in [3.8, 4) is 11.3 Å². The summed E-state index contributed by atoms with van der Waals surface area (Å²) in [4.78, 5) is 0. The average Bonchev–Trinajstić information content (AvgIpc) is 3.01. The smallest absolute Gasteiger partial charge is 0.113 e. The van der Waals surface area contributed by atoms with Crippen molar-refractivity contribution in [3.63, 3.8) is 0 Å². The first-order valence-electron chi connectivity index (χ1n) is 5.52. The Balaban J connectivity index is 1.87. The van der Waals surface area contributed by atoms with Gasteiger partial charge in [-0.05, 0) is 18.6 Å². The highest BCUT2D eigenvalue weighted by Gasteiger charge is 2.18. The lowest BCUT2D eigenvalue weighted by Gasteiger charge is -2.06. The lowest BCUT2D eigenvalue weighted by molar-refractivity contribution is 0.558. The molecule has 1 aliphatic heterocycles. The molecule has 0 amide bonds. The van der Waals surface area contributed by atoms with Gasteiger partial charge in [0.2, 0.25) is 0 Å². The maximum Gasteiger partial charge on any atom is 0.113 e. The minimum Gasteiger partial charge on any atom is -0.239 e. The number of hydrogen-bond donors (Lipinski definition) is 0. The van der Waals surface area contributed by atoms with Crippen molar-refractivity contribution in [3.05, 3.63) is 36.5 Å². The molecular weight excluding hydrogens is 218 g/mol. The van der Waals surface area contributed by atoms with Gasteiger partial charge in [0.15, 0.2) is 0 Å². The van der Waals surface area contributed by atoms with Gasteiger partial charge in [-0.2, -0.15) is 0 Å². The quantitative estimate of drug-likeness (QED) is 0.796. The first-order chi connectivity index (χ1) is 7.93. The molecule has 0 saturated carbocycles. The van der Waals surface area contributed by atoms with E-state index < -0.39 is 0 Å². The summed E-state index contributed by atoms with van der Waals surface area (Å²) in [6.07, 6.45) is 4.55. The van der Waals surface area contributed by atoms with Gasteiger partial charge in [0.1, 0.15) is 5.69 Å². The summed E-state index contributed by atoms with van der Waals surface area (Å²) in [5.41, 5.74) is 2.10. The van der Waals surface area contributed by atoms with Gasteiger partial charge in [-0.25, -0.2) is 4.68 Å². The van der Waals surface area contributed by atoms with E-state index in [0.717, 1.165) is 11.3 Å². The number of aromatic nitrogens is 3. The van der Waals surface area contributed by atoms with Crippen LogP contribution >= 0.6 is 11.8 Å². The van der Waals surface area contributed by atoms with E-state index in [-0.39, 0.29) is 0 Å². The van der Waals surface area contributed by atoms with Crippen molar-refractivity contribution >= 4 is 11.8 Å². The third-order valence-electron chi connectivity index (χ3n) is 2.78. The van der Waals surface area contributed by atoms with Gasteiger partial charge < -0.3 is 0 Å². The van der Waals surface area contributed by atoms with E-state index in [4.69, 9.17) is 0 Å². The van der Waals surface area contributed by atoms with Crippen LogP contribution in [0.2, 0.25) is 0 Å². The van der Waals surface area contributed by atoms with E-state index >= 15 is 0 Å². The predicted octanol–water partition coefficient (Wildman–Crippen LogP) is 2.97. The second-order valence-corrected chi connectivity index (χ2v) is 5.20. The van der Waals surface area contributed by atoms with Gasteiger partial charge in [-0.3, -0.25) is 0 Å². The third-order valence-corrected chi connectivity index (χ3v) is 4.14. The van der Waals surface area contributed by atoms with E-state index in [1.54, 1.807) is 0 Å². The maximum atomic E-state index is 4.23. The molecule has 1 aromatic heterocycles. The van der Waals surface area contributed by atoms with Gasteiger partial charge in [0.05, 0.1) is 11.6 Å². The summed E-state index contributed by atoms with van der Waals surface area (Å²) in [6, 6.07) is 10.2. The molecule has 0 radical (unpaired) electrons. The first kappa shape index (κ1) is 9.90. The molecule has 2 heterocycles. The first-order valence-corrected chi connectivity index (χ1v) is 6.57. The molecular formula is C12H13N3S. The standard InChI is InChI=1S/C12H13N3S/c1-2-5-10(6-3-1)11-9-15(14-13-11)12-7-4-8-16-12/h1-3,5-6,9,12H,4,7-8H2. The topological polar surface area (TPSA) is 30.7 Å². The fourth-order valence-electron chi connectivity index (χ4n) is 1.93. The molecule has 16 heavy (non-hydrogen) atoms. The van der Waals surface area contributed by atoms with Gasteiger partial charge >= 0.3 is 0 Å². The Hall–Kier alpha value is -1.29. The third kappa shape index (κ3) is 1.85. The number of rotatable bonds is 2. The highest BCUT2D eigenvalue weighted by molar-refractivity contribution is 7.99. The largest absolute Gasteiger partial charge is 0.239 e. The van der Waals surface area contributed by atoms with Crippen molar-refractivity contribution in [2.24, 2.45) is 0 Å². The van der Waals surface area contributed by atoms with Crippen LogP contribution in [0.15, 0.2) is 36.5 Å². The summed E-state index contributed by atoms with van der Waals surface area (Å²) in [6.45, 7) is 0. The average molecular weight is 231 g/mol. The highest BCUT2D eigenvalue weighted by Crippen LogP contribution is 2.35. The van der Waals surface area contributed by atoms with Crippen molar-refractivity contribution in [2.75, 3.05) is 5.75 Å². The minimum atomic E-state index is 0.491. The molecule has 82 valence electrons. The number of benzene rings is 1. The van der Waals surface area contributed by atoms with Crippen LogP contribution < -0.4 is 0 Å². The summed E-state index contributed by atoms with van der Waals surface area (Å²) in [5, 5.41) is 8.94. The van der Waals surface area contributed by atoms with Crippen LogP contribution in [0, 0.1) is 0 Å². The number of hydrogen-bond acceptors (Lipinski definition) is 3. The van der Waals surface area contributed by atoms with Gasteiger partial charge in [-0.15, -0.1) is 16.9 Å². The van der Waals surface area contributed by atoms with Crippen molar-refractivity contribution < 1.29 is 0 Å². The van der Waals surface area contributed by atoms with Crippen molar-refractivity contribution in [2.45, 2.75) is 18.2 Å². The molecule has 1 saturated heterocycles. The molecule has 0 N–H and O–H groups in total. The molecule has 0 bridgehead atoms. The predicted molar refractivity (Wildman–Crippen MR) is 66.2 cm³/mol. The summed E-state index contributed by atoms with van der Waals surface area (Å²) in [7, 11) is 0. The van der Waals surface area contributed by atoms with Crippen LogP contribution in [-0.2, 0) is 0 Å². The Morgan fingerprint density at radius 2 is 2.12 bits per heavy atom. The van der Waals surface area contributed by atoms with Crippen molar-refractivity contribution in [1.82, 2.24) is 15.0 Å². The Labute approximate surface area is 98.9 Å². The van der Waals surface area contributed by atoms with E-state index in [0.29, 0.717) is 5.37 Å². The lowest BCUT2D eigenvalue weighted by atomic mass is 10.2. The minimum absolute atomic E-state index is 0.491. The molecule has 4 heteroatoms. The lowest BCUT2D eigenvalue weighted by Crippen LogP contribution is -2.01. The zero-order chi connectivity index (χ0) is 10.8. The molecule has 3 rings (SSSR count). The molecule has 3 nitrogen and oxygen atoms in total. The molecule has 1 aliphatic rings. The summed E-state index contributed by atoms with van der Waals surface area (Å²) < 4.78 is 2.00. The summed E-state index contributed by atoms with van der Waals surface area (Å²) in [5.74, 6) is 1.24. The normalized spacial score (nSPS) is 20.1. The Kier molecular flexibility index (Phi) is 2.66. The zero-order valence-corrected chi connectivity index (χ0v) is 9.73. The van der Waals surface area contributed by atoms with Gasteiger partial charge in [0, 0.05) is 5.56 Å². The van der Waals surface area contributed by atoms with Crippen molar-refractivity contribution in [1.29, 1.82) is 0 Å². The monoisotopic (exact) mass is 231 g/mol. The number of thioether (sulfide) groups is 1. The number of nitrogens with zero attached hydrogens (tertiary/aromatic N) is 3. The summed E-state index contributed by atoms with van der Waals surface area (Å²) >= 11 is 1.96. The van der Waals surface area contributed by atoms with Gasteiger partial charge in [0.25, 0.3) is 0 Å².